The molecule has 2 aromatic carbocycles. The van der Waals surface area contributed by atoms with E-state index < -0.39 is 0 Å². The Kier molecular flexibility index (Phi) is 3.42. The van der Waals surface area contributed by atoms with E-state index in [4.69, 9.17) is 4.74 Å². The van der Waals surface area contributed by atoms with Gasteiger partial charge in [0.05, 0.1) is 12.7 Å². The molecule has 92 valence electrons. The minimum Gasteiger partial charge on any atom is -0.496 e. The first kappa shape index (κ1) is 12.3. The molecule has 0 aromatic heterocycles. The van der Waals surface area contributed by atoms with E-state index in [1.54, 1.807) is 31.2 Å². The lowest BCUT2D eigenvalue weighted by atomic mass is 9.98. The smallest absolute Gasteiger partial charge is 0.154 e. The third kappa shape index (κ3) is 2.12. The molecule has 0 atom stereocenters. The molecule has 0 amide bonds. The molecule has 0 unspecified atom stereocenters. The summed E-state index contributed by atoms with van der Waals surface area (Å²) in [6.45, 7) is 1.69. The predicted molar refractivity (Wildman–Crippen MR) is 68.5 cm³/mol. The van der Waals surface area contributed by atoms with Crippen molar-refractivity contribution in [2.45, 2.75) is 6.92 Å². The van der Waals surface area contributed by atoms with E-state index in [0.717, 1.165) is 17.4 Å². The van der Waals surface area contributed by atoms with Gasteiger partial charge in [-0.05, 0) is 41.8 Å². The summed E-state index contributed by atoms with van der Waals surface area (Å²) in [7, 11) is 1.52. The SMILES string of the molecule is COc1cccc(-c2ccc(F)c(C)c2)c1C=O. The van der Waals surface area contributed by atoms with Gasteiger partial charge in [0.1, 0.15) is 11.6 Å². The van der Waals surface area contributed by atoms with Crippen LogP contribution in [0, 0.1) is 12.7 Å². The van der Waals surface area contributed by atoms with E-state index in [9.17, 15) is 9.18 Å². The molecule has 0 N–H and O–H groups in total. The van der Waals surface area contributed by atoms with Gasteiger partial charge in [-0.15, -0.1) is 0 Å². The molecule has 2 rings (SSSR count). The highest BCUT2D eigenvalue weighted by atomic mass is 19.1. The van der Waals surface area contributed by atoms with Gasteiger partial charge in [0, 0.05) is 0 Å². The molecule has 0 aliphatic carbocycles. The number of carbonyl (C=O) groups excluding carboxylic acids is 1. The van der Waals surface area contributed by atoms with Gasteiger partial charge in [-0.25, -0.2) is 4.39 Å². The standard InChI is InChI=1S/C15H13FO2/c1-10-8-11(6-7-14(10)16)12-4-3-5-15(18-2)13(12)9-17/h3-9H,1-2H3. The number of aryl methyl sites for hydroxylation is 1. The summed E-state index contributed by atoms with van der Waals surface area (Å²) >= 11 is 0. The van der Waals surface area contributed by atoms with Crippen LogP contribution in [-0.4, -0.2) is 13.4 Å². The normalized spacial score (nSPS) is 10.2. The van der Waals surface area contributed by atoms with E-state index in [-0.39, 0.29) is 5.82 Å². The molecule has 3 heteroatoms. The fraction of sp³-hybridized carbons (Fsp3) is 0.133. The van der Waals surface area contributed by atoms with Crippen LogP contribution in [0.2, 0.25) is 0 Å². The number of methoxy groups -OCH3 is 1. The molecule has 0 saturated carbocycles. The van der Waals surface area contributed by atoms with Crippen molar-refractivity contribution < 1.29 is 13.9 Å². The number of hydrogen-bond donors (Lipinski definition) is 0. The topological polar surface area (TPSA) is 26.3 Å². The molecule has 2 aromatic rings. The monoisotopic (exact) mass is 244 g/mol. The zero-order chi connectivity index (χ0) is 13.1. The lowest BCUT2D eigenvalue weighted by molar-refractivity contribution is 0.112. The average molecular weight is 244 g/mol. The van der Waals surface area contributed by atoms with Crippen LogP contribution in [-0.2, 0) is 0 Å². The summed E-state index contributed by atoms with van der Waals surface area (Å²) in [6, 6.07) is 10.1. The van der Waals surface area contributed by atoms with Gasteiger partial charge < -0.3 is 4.74 Å². The van der Waals surface area contributed by atoms with Crippen LogP contribution in [0.5, 0.6) is 5.75 Å². The molecule has 0 spiro atoms. The predicted octanol–water partition coefficient (Wildman–Crippen LogP) is 3.62. The Balaban J connectivity index is 2.63. The van der Waals surface area contributed by atoms with Crippen molar-refractivity contribution >= 4 is 6.29 Å². The highest BCUT2D eigenvalue weighted by Gasteiger charge is 2.10. The van der Waals surface area contributed by atoms with Crippen LogP contribution in [0.4, 0.5) is 4.39 Å². The number of rotatable bonds is 3. The summed E-state index contributed by atoms with van der Waals surface area (Å²) in [5.74, 6) is 0.263. The Bertz CT molecular complexity index is 591. The second-order valence-electron chi connectivity index (χ2n) is 4.00. The molecule has 0 aliphatic heterocycles. The average Bonchev–Trinajstić information content (AvgIpc) is 2.40. The Hall–Kier alpha value is -2.16. The second kappa shape index (κ2) is 5.00. The van der Waals surface area contributed by atoms with Crippen molar-refractivity contribution in [1.82, 2.24) is 0 Å². The summed E-state index contributed by atoms with van der Waals surface area (Å²) in [5.41, 5.74) is 2.57. The van der Waals surface area contributed by atoms with Crippen LogP contribution in [0.25, 0.3) is 11.1 Å². The quantitative estimate of drug-likeness (QED) is 0.771. The second-order valence-corrected chi connectivity index (χ2v) is 4.00. The summed E-state index contributed by atoms with van der Waals surface area (Å²) < 4.78 is 18.4. The van der Waals surface area contributed by atoms with Gasteiger partial charge in [-0.1, -0.05) is 18.2 Å². The van der Waals surface area contributed by atoms with E-state index >= 15 is 0 Å². The van der Waals surface area contributed by atoms with Crippen LogP contribution < -0.4 is 4.74 Å². The van der Waals surface area contributed by atoms with Gasteiger partial charge in [-0.3, -0.25) is 4.79 Å². The number of halogens is 1. The van der Waals surface area contributed by atoms with Crippen molar-refractivity contribution in [3.05, 3.63) is 53.3 Å². The summed E-state index contributed by atoms with van der Waals surface area (Å²) in [6.07, 6.45) is 0.757. The van der Waals surface area contributed by atoms with Gasteiger partial charge in [0.2, 0.25) is 0 Å². The number of hydrogen-bond acceptors (Lipinski definition) is 2. The fourth-order valence-corrected chi connectivity index (χ4v) is 1.91. The molecule has 0 radical (unpaired) electrons. The van der Waals surface area contributed by atoms with Crippen LogP contribution >= 0.6 is 0 Å². The van der Waals surface area contributed by atoms with E-state index in [2.05, 4.69) is 0 Å². The van der Waals surface area contributed by atoms with Crippen LogP contribution in [0.3, 0.4) is 0 Å². The zero-order valence-corrected chi connectivity index (χ0v) is 10.2. The van der Waals surface area contributed by atoms with Crippen molar-refractivity contribution in [3.8, 4) is 16.9 Å². The molecular weight excluding hydrogens is 231 g/mol. The molecule has 0 heterocycles. The maximum atomic E-state index is 13.2. The van der Waals surface area contributed by atoms with Crippen LogP contribution in [0.15, 0.2) is 36.4 Å². The first-order chi connectivity index (χ1) is 8.67. The minimum atomic E-state index is -0.255. The molecular formula is C15H13FO2. The van der Waals surface area contributed by atoms with Crippen LogP contribution in [0.1, 0.15) is 15.9 Å². The molecule has 0 aliphatic rings. The maximum Gasteiger partial charge on any atom is 0.154 e. The highest BCUT2D eigenvalue weighted by molar-refractivity contribution is 5.91. The highest BCUT2D eigenvalue weighted by Crippen LogP contribution is 2.30. The summed E-state index contributed by atoms with van der Waals surface area (Å²) in [4.78, 5) is 11.2. The first-order valence-corrected chi connectivity index (χ1v) is 5.56. The van der Waals surface area contributed by atoms with Crippen molar-refractivity contribution in [2.24, 2.45) is 0 Å². The summed E-state index contributed by atoms with van der Waals surface area (Å²) in [5, 5.41) is 0. The Morgan fingerprint density at radius 3 is 2.61 bits per heavy atom. The molecule has 0 saturated heterocycles. The third-order valence-corrected chi connectivity index (χ3v) is 2.87. The van der Waals surface area contributed by atoms with Gasteiger partial charge >= 0.3 is 0 Å². The number of benzene rings is 2. The molecule has 2 nitrogen and oxygen atoms in total. The largest absolute Gasteiger partial charge is 0.496 e. The first-order valence-electron chi connectivity index (χ1n) is 5.56. The lowest BCUT2D eigenvalue weighted by Gasteiger charge is -2.10. The molecule has 0 bridgehead atoms. The lowest BCUT2D eigenvalue weighted by Crippen LogP contribution is -1.94. The van der Waals surface area contributed by atoms with E-state index in [1.165, 1.54) is 13.2 Å². The Labute approximate surface area is 105 Å². The van der Waals surface area contributed by atoms with Gasteiger partial charge in [0.25, 0.3) is 0 Å². The zero-order valence-electron chi connectivity index (χ0n) is 10.2. The van der Waals surface area contributed by atoms with E-state index in [0.29, 0.717) is 16.9 Å². The van der Waals surface area contributed by atoms with E-state index in [1.807, 2.05) is 6.07 Å². The van der Waals surface area contributed by atoms with Gasteiger partial charge in [0.15, 0.2) is 6.29 Å². The minimum absolute atomic E-state index is 0.255. The van der Waals surface area contributed by atoms with Crippen molar-refractivity contribution in [1.29, 1.82) is 0 Å². The third-order valence-electron chi connectivity index (χ3n) is 2.87. The Morgan fingerprint density at radius 2 is 2.00 bits per heavy atom. The maximum absolute atomic E-state index is 13.2. The van der Waals surface area contributed by atoms with Gasteiger partial charge in [-0.2, -0.15) is 0 Å². The van der Waals surface area contributed by atoms with Crippen molar-refractivity contribution in [3.63, 3.8) is 0 Å². The molecule has 0 fully saturated rings. The van der Waals surface area contributed by atoms with Crippen molar-refractivity contribution in [2.75, 3.05) is 7.11 Å². The molecule has 18 heavy (non-hydrogen) atoms. The Morgan fingerprint density at radius 1 is 1.22 bits per heavy atom. The number of aldehydes is 1. The fourth-order valence-electron chi connectivity index (χ4n) is 1.91. The number of carbonyl (C=O) groups is 1. The number of ether oxygens (including phenoxy) is 1.